The van der Waals surface area contributed by atoms with Gasteiger partial charge < -0.3 is 15.4 Å². The van der Waals surface area contributed by atoms with Gasteiger partial charge in [0, 0.05) is 28.4 Å². The Bertz CT molecular complexity index is 1150. The molecular formula is C27H27ClN2O4. The van der Waals surface area contributed by atoms with Crippen molar-refractivity contribution >= 4 is 34.9 Å². The van der Waals surface area contributed by atoms with Gasteiger partial charge in [0.1, 0.15) is 5.75 Å². The number of carbonyl (C=O) groups excluding carboxylic acids is 3. The zero-order valence-corrected chi connectivity index (χ0v) is 20.1. The van der Waals surface area contributed by atoms with Gasteiger partial charge in [-0.15, -0.1) is 0 Å². The molecule has 0 fully saturated rings. The molecule has 0 saturated heterocycles. The fourth-order valence-corrected chi connectivity index (χ4v) is 3.28. The lowest BCUT2D eigenvalue weighted by Crippen LogP contribution is -2.42. The van der Waals surface area contributed by atoms with Crippen LogP contribution in [-0.4, -0.2) is 29.7 Å². The summed E-state index contributed by atoms with van der Waals surface area (Å²) in [4.78, 5) is 36.3. The molecule has 0 saturated carbocycles. The average molecular weight is 479 g/mol. The van der Waals surface area contributed by atoms with E-state index in [-0.39, 0.29) is 17.6 Å². The highest BCUT2D eigenvalue weighted by molar-refractivity contribution is 6.30. The fraction of sp³-hybridized carbons (Fsp3) is 0.222. The van der Waals surface area contributed by atoms with Crippen molar-refractivity contribution in [3.05, 3.63) is 94.5 Å². The predicted molar refractivity (Wildman–Crippen MR) is 134 cm³/mol. The molecule has 6 nitrogen and oxygen atoms in total. The van der Waals surface area contributed by atoms with Gasteiger partial charge in [-0.3, -0.25) is 14.4 Å². The van der Waals surface area contributed by atoms with Crippen LogP contribution in [0.5, 0.6) is 5.75 Å². The highest BCUT2D eigenvalue weighted by Gasteiger charge is 2.30. The largest absolute Gasteiger partial charge is 0.478 e. The van der Waals surface area contributed by atoms with E-state index in [4.69, 9.17) is 16.3 Å². The number of ether oxygens (including phenoxy) is 1. The van der Waals surface area contributed by atoms with E-state index in [2.05, 4.69) is 10.6 Å². The van der Waals surface area contributed by atoms with Crippen LogP contribution in [0.15, 0.2) is 72.8 Å². The van der Waals surface area contributed by atoms with Gasteiger partial charge in [-0.05, 0) is 93.4 Å². The number of halogens is 1. The van der Waals surface area contributed by atoms with Gasteiger partial charge in [-0.1, -0.05) is 23.7 Å². The second kappa shape index (κ2) is 11.0. The summed E-state index contributed by atoms with van der Waals surface area (Å²) in [6.07, 6.45) is 0.653. The molecule has 0 atom stereocenters. The third-order valence-corrected chi connectivity index (χ3v) is 5.45. The molecule has 0 aromatic heterocycles. The van der Waals surface area contributed by atoms with Crippen LogP contribution in [0.4, 0.5) is 5.69 Å². The smallest absolute Gasteiger partial charge is 0.267 e. The second-order valence-electron chi connectivity index (χ2n) is 8.36. The first-order valence-electron chi connectivity index (χ1n) is 10.9. The predicted octanol–water partition coefficient (Wildman–Crippen LogP) is 5.31. The summed E-state index contributed by atoms with van der Waals surface area (Å²) in [7, 11) is 0. The lowest BCUT2D eigenvalue weighted by molar-refractivity contribution is -0.128. The zero-order chi connectivity index (χ0) is 24.7. The fourth-order valence-electron chi connectivity index (χ4n) is 3.16. The number of carbonyl (C=O) groups is 3. The van der Waals surface area contributed by atoms with Crippen molar-refractivity contribution in [3.63, 3.8) is 0 Å². The van der Waals surface area contributed by atoms with Crippen molar-refractivity contribution in [2.75, 3.05) is 11.9 Å². The van der Waals surface area contributed by atoms with Crippen molar-refractivity contribution in [1.29, 1.82) is 0 Å². The molecule has 0 aliphatic carbocycles. The SMILES string of the molecule is CC(=O)c1ccc(NC(=O)C(C)(C)Oc2ccc(CCNC(=O)c3ccc(Cl)cc3)cc2)cc1. The van der Waals surface area contributed by atoms with Gasteiger partial charge in [0.15, 0.2) is 11.4 Å². The Morgan fingerprint density at radius 2 is 1.44 bits per heavy atom. The summed E-state index contributed by atoms with van der Waals surface area (Å²) in [6.45, 7) is 5.35. The van der Waals surface area contributed by atoms with E-state index >= 15 is 0 Å². The molecular weight excluding hydrogens is 452 g/mol. The zero-order valence-electron chi connectivity index (χ0n) is 19.4. The highest BCUT2D eigenvalue weighted by atomic mass is 35.5. The Morgan fingerprint density at radius 1 is 0.853 bits per heavy atom. The number of hydrogen-bond acceptors (Lipinski definition) is 4. The lowest BCUT2D eigenvalue weighted by atomic mass is 10.1. The van der Waals surface area contributed by atoms with Crippen molar-refractivity contribution in [1.82, 2.24) is 5.32 Å². The van der Waals surface area contributed by atoms with Gasteiger partial charge in [-0.2, -0.15) is 0 Å². The Kier molecular flexibility index (Phi) is 8.08. The molecule has 0 bridgehead atoms. The van der Waals surface area contributed by atoms with Crippen LogP contribution in [0.3, 0.4) is 0 Å². The topological polar surface area (TPSA) is 84.5 Å². The van der Waals surface area contributed by atoms with Gasteiger partial charge in [0.25, 0.3) is 11.8 Å². The summed E-state index contributed by atoms with van der Waals surface area (Å²) in [6, 6.07) is 20.8. The lowest BCUT2D eigenvalue weighted by Gasteiger charge is -2.25. The summed E-state index contributed by atoms with van der Waals surface area (Å²) >= 11 is 5.85. The third kappa shape index (κ3) is 6.93. The summed E-state index contributed by atoms with van der Waals surface area (Å²) in [5.74, 6) is 0.0623. The maximum Gasteiger partial charge on any atom is 0.267 e. The normalized spacial score (nSPS) is 10.9. The standard InChI is InChI=1S/C27H27ClN2O4/c1-18(31)20-8-12-23(13-9-20)30-26(33)27(2,3)34-24-14-4-19(5-15-24)16-17-29-25(32)21-6-10-22(28)11-7-21/h4-15H,16-17H2,1-3H3,(H,29,32)(H,30,33). The van der Waals surface area contributed by atoms with Crippen LogP contribution in [-0.2, 0) is 11.2 Å². The number of benzene rings is 3. The number of amides is 2. The van der Waals surface area contributed by atoms with E-state index in [1.54, 1.807) is 74.5 Å². The van der Waals surface area contributed by atoms with Gasteiger partial charge in [0.2, 0.25) is 0 Å². The van der Waals surface area contributed by atoms with Crippen LogP contribution in [0, 0.1) is 0 Å². The van der Waals surface area contributed by atoms with Crippen LogP contribution in [0.1, 0.15) is 47.1 Å². The molecule has 176 valence electrons. The number of Topliss-reactive ketones (excluding diaryl/α,β-unsaturated/α-hetero) is 1. The molecule has 3 aromatic carbocycles. The van der Waals surface area contributed by atoms with E-state index in [0.717, 1.165) is 5.56 Å². The summed E-state index contributed by atoms with van der Waals surface area (Å²) in [5, 5.41) is 6.28. The van der Waals surface area contributed by atoms with Crippen molar-refractivity contribution in [3.8, 4) is 5.75 Å². The third-order valence-electron chi connectivity index (χ3n) is 5.20. The van der Waals surface area contributed by atoms with E-state index < -0.39 is 5.60 Å². The highest BCUT2D eigenvalue weighted by Crippen LogP contribution is 2.21. The quantitative estimate of drug-likeness (QED) is 0.408. The van der Waals surface area contributed by atoms with Crippen LogP contribution in [0.25, 0.3) is 0 Å². The minimum absolute atomic E-state index is 0.0334. The molecule has 0 aliphatic heterocycles. The second-order valence-corrected chi connectivity index (χ2v) is 8.79. The summed E-state index contributed by atoms with van der Waals surface area (Å²) in [5.41, 5.74) is 1.63. The number of anilines is 1. The molecule has 3 rings (SSSR count). The van der Waals surface area contributed by atoms with Crippen LogP contribution < -0.4 is 15.4 Å². The number of hydrogen-bond donors (Lipinski definition) is 2. The van der Waals surface area contributed by atoms with E-state index in [0.29, 0.717) is 40.6 Å². The molecule has 0 unspecified atom stereocenters. The molecule has 0 spiro atoms. The molecule has 2 N–H and O–H groups in total. The Balaban J connectivity index is 1.50. The Morgan fingerprint density at radius 3 is 2.03 bits per heavy atom. The first kappa shape index (κ1) is 25.0. The minimum atomic E-state index is -1.12. The average Bonchev–Trinajstić information content (AvgIpc) is 2.80. The number of nitrogens with one attached hydrogen (secondary N) is 2. The van der Waals surface area contributed by atoms with Gasteiger partial charge in [0.05, 0.1) is 0 Å². The van der Waals surface area contributed by atoms with E-state index in [9.17, 15) is 14.4 Å². The van der Waals surface area contributed by atoms with Crippen LogP contribution >= 0.6 is 11.6 Å². The molecule has 34 heavy (non-hydrogen) atoms. The minimum Gasteiger partial charge on any atom is -0.478 e. The first-order chi connectivity index (χ1) is 16.1. The molecule has 0 heterocycles. The van der Waals surface area contributed by atoms with Crippen molar-refractivity contribution in [2.24, 2.45) is 0 Å². The van der Waals surface area contributed by atoms with Crippen LogP contribution in [0.2, 0.25) is 5.02 Å². The van der Waals surface area contributed by atoms with Crippen molar-refractivity contribution in [2.45, 2.75) is 32.8 Å². The maximum atomic E-state index is 12.7. The first-order valence-corrected chi connectivity index (χ1v) is 11.3. The molecule has 0 aliphatic rings. The van der Waals surface area contributed by atoms with Gasteiger partial charge in [-0.25, -0.2) is 0 Å². The summed E-state index contributed by atoms with van der Waals surface area (Å²) < 4.78 is 5.92. The van der Waals surface area contributed by atoms with Crippen molar-refractivity contribution < 1.29 is 19.1 Å². The molecule has 7 heteroatoms. The Hall–Kier alpha value is -3.64. The monoisotopic (exact) mass is 478 g/mol. The molecule has 3 aromatic rings. The molecule has 0 radical (unpaired) electrons. The van der Waals surface area contributed by atoms with E-state index in [1.807, 2.05) is 12.1 Å². The Labute approximate surface area is 204 Å². The number of rotatable bonds is 9. The molecule has 2 amide bonds. The van der Waals surface area contributed by atoms with E-state index in [1.165, 1.54) is 6.92 Å². The van der Waals surface area contributed by atoms with Gasteiger partial charge >= 0.3 is 0 Å². The number of ketones is 1. The maximum absolute atomic E-state index is 12.7.